The van der Waals surface area contributed by atoms with E-state index in [2.05, 4.69) is 26.9 Å². The summed E-state index contributed by atoms with van der Waals surface area (Å²) in [5.41, 5.74) is 3.10. The third-order valence-electron chi connectivity index (χ3n) is 5.33. The largest absolute Gasteiger partial charge is 0.491 e. The first-order valence-electron chi connectivity index (χ1n) is 9.82. The van der Waals surface area contributed by atoms with Crippen LogP contribution in [0.15, 0.2) is 46.9 Å². The molecule has 28 heavy (non-hydrogen) atoms. The van der Waals surface area contributed by atoms with Gasteiger partial charge in [0.2, 0.25) is 0 Å². The van der Waals surface area contributed by atoms with E-state index in [1.54, 1.807) is 0 Å². The summed E-state index contributed by atoms with van der Waals surface area (Å²) in [5.74, 6) is 1.09. The number of halogens is 1. The molecule has 0 aliphatic carbocycles. The second-order valence-corrected chi connectivity index (χ2v) is 8.59. The van der Waals surface area contributed by atoms with Crippen molar-refractivity contribution in [1.82, 2.24) is 4.90 Å². The number of carbonyl (C=O) groups is 1. The van der Waals surface area contributed by atoms with Crippen molar-refractivity contribution < 1.29 is 14.6 Å². The Morgan fingerprint density at radius 2 is 1.86 bits per heavy atom. The molecule has 1 heterocycles. The smallest absolute Gasteiger partial charge is 0.166 e. The van der Waals surface area contributed by atoms with Crippen LogP contribution in [0.2, 0.25) is 0 Å². The lowest BCUT2D eigenvalue weighted by atomic mass is 9.87. The number of ketones is 1. The van der Waals surface area contributed by atoms with Crippen LogP contribution < -0.4 is 4.74 Å². The quantitative estimate of drug-likeness (QED) is 0.641. The van der Waals surface area contributed by atoms with Gasteiger partial charge in [-0.2, -0.15) is 0 Å². The molecule has 4 nitrogen and oxygen atoms in total. The van der Waals surface area contributed by atoms with Gasteiger partial charge in [-0.1, -0.05) is 39.7 Å². The number of β-amino-alcohol motifs (C(OH)–C–C–N with tert-alkyl or cyclic N) is 1. The summed E-state index contributed by atoms with van der Waals surface area (Å²) in [6.07, 6.45) is 1.13. The summed E-state index contributed by atoms with van der Waals surface area (Å²) >= 11 is 3.39. The van der Waals surface area contributed by atoms with Crippen molar-refractivity contribution in [3.8, 4) is 5.75 Å². The van der Waals surface area contributed by atoms with Gasteiger partial charge in [-0.3, -0.25) is 4.79 Å². The minimum atomic E-state index is -0.546. The normalized spacial score (nSPS) is 16.7. The van der Waals surface area contributed by atoms with Gasteiger partial charge < -0.3 is 14.7 Å². The molecule has 0 radical (unpaired) electrons. The highest BCUT2D eigenvalue weighted by atomic mass is 79.9. The lowest BCUT2D eigenvalue weighted by Crippen LogP contribution is -2.42. The van der Waals surface area contributed by atoms with Gasteiger partial charge in [0.05, 0.1) is 0 Å². The van der Waals surface area contributed by atoms with E-state index >= 15 is 0 Å². The zero-order chi connectivity index (χ0) is 20.1. The number of aliphatic hydroxyl groups is 1. The number of ether oxygens (including phenoxy) is 1. The number of hydrogen-bond donors (Lipinski definition) is 1. The number of aliphatic hydroxyl groups excluding tert-OH is 1. The molecule has 0 amide bonds. The lowest BCUT2D eigenvalue weighted by Gasteiger charge is -2.32. The van der Waals surface area contributed by atoms with Crippen molar-refractivity contribution >= 4 is 21.7 Å². The standard InChI is InChI=1S/C23H28BrNO3/c1-16-3-8-22(17(2)13-16)23(27)18-9-11-25(12-10-18)14-20(26)15-28-21-6-4-19(24)5-7-21/h3-8,13,18,20,26H,9-12,14-15H2,1-2H3. The first kappa shape index (κ1) is 21.0. The molecule has 1 aliphatic rings. The van der Waals surface area contributed by atoms with E-state index in [4.69, 9.17) is 4.74 Å². The molecule has 1 N–H and O–H groups in total. The van der Waals surface area contributed by atoms with E-state index in [0.29, 0.717) is 6.54 Å². The molecule has 1 unspecified atom stereocenters. The van der Waals surface area contributed by atoms with E-state index in [-0.39, 0.29) is 18.3 Å². The summed E-state index contributed by atoms with van der Waals surface area (Å²) in [4.78, 5) is 15.1. The topological polar surface area (TPSA) is 49.8 Å². The highest BCUT2D eigenvalue weighted by molar-refractivity contribution is 9.10. The van der Waals surface area contributed by atoms with E-state index in [1.807, 2.05) is 50.2 Å². The Morgan fingerprint density at radius 1 is 1.18 bits per heavy atom. The van der Waals surface area contributed by atoms with Gasteiger partial charge in [-0.25, -0.2) is 0 Å². The predicted octanol–water partition coefficient (Wildman–Crippen LogP) is 4.40. The number of nitrogens with zero attached hydrogens (tertiary/aromatic N) is 1. The average molecular weight is 446 g/mol. The third-order valence-corrected chi connectivity index (χ3v) is 5.86. The highest BCUT2D eigenvalue weighted by Crippen LogP contribution is 2.24. The van der Waals surface area contributed by atoms with Gasteiger partial charge in [0.1, 0.15) is 18.5 Å². The summed E-state index contributed by atoms with van der Waals surface area (Å²) in [5, 5.41) is 10.3. The number of Topliss-reactive ketones (excluding diaryl/α,β-unsaturated/α-hetero) is 1. The Bertz CT molecular complexity index is 798. The molecule has 1 saturated heterocycles. The molecule has 1 fully saturated rings. The molecular formula is C23H28BrNO3. The highest BCUT2D eigenvalue weighted by Gasteiger charge is 2.27. The number of carbonyl (C=O) groups excluding carboxylic acids is 1. The van der Waals surface area contributed by atoms with Crippen LogP contribution in [0.4, 0.5) is 0 Å². The van der Waals surface area contributed by atoms with Gasteiger partial charge in [-0.15, -0.1) is 0 Å². The number of rotatable bonds is 7. The van der Waals surface area contributed by atoms with Crippen LogP contribution in [0, 0.1) is 19.8 Å². The van der Waals surface area contributed by atoms with Crippen molar-refractivity contribution in [1.29, 1.82) is 0 Å². The van der Waals surface area contributed by atoms with Gasteiger partial charge >= 0.3 is 0 Å². The zero-order valence-corrected chi connectivity index (χ0v) is 18.1. The lowest BCUT2D eigenvalue weighted by molar-refractivity contribution is 0.0524. The van der Waals surface area contributed by atoms with E-state index in [0.717, 1.165) is 47.3 Å². The SMILES string of the molecule is Cc1ccc(C(=O)C2CCN(CC(O)COc3ccc(Br)cc3)CC2)c(C)c1. The van der Waals surface area contributed by atoms with Crippen LogP contribution in [-0.4, -0.2) is 48.1 Å². The minimum absolute atomic E-state index is 0.0776. The molecule has 0 bridgehead atoms. The van der Waals surface area contributed by atoms with Gasteiger partial charge in [0, 0.05) is 22.5 Å². The number of hydrogen-bond acceptors (Lipinski definition) is 4. The maximum absolute atomic E-state index is 12.9. The molecule has 0 saturated carbocycles. The first-order valence-corrected chi connectivity index (χ1v) is 10.6. The molecule has 3 rings (SSSR count). The number of likely N-dealkylation sites (tertiary alicyclic amines) is 1. The maximum atomic E-state index is 12.9. The summed E-state index contributed by atoms with van der Waals surface area (Å²) in [7, 11) is 0. The van der Waals surface area contributed by atoms with Crippen LogP contribution in [0.25, 0.3) is 0 Å². The van der Waals surface area contributed by atoms with Gasteiger partial charge in [0.25, 0.3) is 0 Å². The second kappa shape index (κ2) is 9.68. The molecule has 2 aromatic carbocycles. The van der Waals surface area contributed by atoms with E-state index in [9.17, 15) is 9.90 Å². The second-order valence-electron chi connectivity index (χ2n) is 7.68. The van der Waals surface area contributed by atoms with Gasteiger partial charge in [-0.05, 0) is 69.6 Å². The van der Waals surface area contributed by atoms with Crippen LogP contribution in [0.5, 0.6) is 5.75 Å². The van der Waals surface area contributed by atoms with Crippen molar-refractivity contribution in [2.75, 3.05) is 26.2 Å². The summed E-state index contributed by atoms with van der Waals surface area (Å²) in [6, 6.07) is 13.6. The maximum Gasteiger partial charge on any atom is 0.166 e. The zero-order valence-electron chi connectivity index (χ0n) is 16.5. The van der Waals surface area contributed by atoms with E-state index < -0.39 is 6.10 Å². The number of benzene rings is 2. The Kier molecular flexibility index (Phi) is 7.27. The van der Waals surface area contributed by atoms with Crippen LogP contribution >= 0.6 is 15.9 Å². The molecule has 150 valence electrons. The Balaban J connectivity index is 1.44. The summed E-state index contributed by atoms with van der Waals surface area (Å²) < 4.78 is 6.65. The van der Waals surface area contributed by atoms with Crippen molar-refractivity contribution in [3.05, 3.63) is 63.6 Å². The third kappa shape index (κ3) is 5.66. The molecule has 1 aliphatic heterocycles. The number of aryl methyl sites for hydroxylation is 2. The minimum Gasteiger partial charge on any atom is -0.491 e. The fraction of sp³-hybridized carbons (Fsp3) is 0.435. The fourth-order valence-electron chi connectivity index (χ4n) is 3.76. The average Bonchev–Trinajstić information content (AvgIpc) is 2.68. The first-order chi connectivity index (χ1) is 13.4. The van der Waals surface area contributed by atoms with Crippen LogP contribution in [-0.2, 0) is 0 Å². The molecular weight excluding hydrogens is 418 g/mol. The predicted molar refractivity (Wildman–Crippen MR) is 115 cm³/mol. The molecule has 5 heteroatoms. The number of piperidine rings is 1. The van der Waals surface area contributed by atoms with Crippen LogP contribution in [0.3, 0.4) is 0 Å². The molecule has 0 spiro atoms. The van der Waals surface area contributed by atoms with Crippen molar-refractivity contribution in [2.24, 2.45) is 5.92 Å². The van der Waals surface area contributed by atoms with Gasteiger partial charge in [0.15, 0.2) is 5.78 Å². The van der Waals surface area contributed by atoms with Crippen molar-refractivity contribution in [3.63, 3.8) is 0 Å². The molecule has 2 aromatic rings. The Labute approximate surface area is 175 Å². The fourth-order valence-corrected chi connectivity index (χ4v) is 4.03. The Morgan fingerprint density at radius 3 is 2.50 bits per heavy atom. The Hall–Kier alpha value is -1.69. The molecule has 1 atom stereocenters. The monoisotopic (exact) mass is 445 g/mol. The van der Waals surface area contributed by atoms with Crippen molar-refractivity contribution in [2.45, 2.75) is 32.8 Å². The van der Waals surface area contributed by atoms with Crippen LogP contribution in [0.1, 0.15) is 34.3 Å². The van der Waals surface area contributed by atoms with E-state index in [1.165, 1.54) is 5.56 Å². The summed E-state index contributed by atoms with van der Waals surface area (Å²) in [6.45, 7) is 6.56. The molecule has 0 aromatic heterocycles.